The van der Waals surface area contributed by atoms with Gasteiger partial charge in [0, 0.05) is 51.2 Å². The number of rotatable bonds is 4. The summed E-state index contributed by atoms with van der Waals surface area (Å²) >= 11 is 0. The molecule has 0 aromatic carbocycles. The summed E-state index contributed by atoms with van der Waals surface area (Å²) in [5.74, 6) is 0.0842. The van der Waals surface area contributed by atoms with E-state index in [0.29, 0.717) is 0 Å². The molecule has 0 radical (unpaired) electrons. The minimum absolute atomic E-state index is 0.0871. The molecule has 0 bridgehead atoms. The van der Waals surface area contributed by atoms with E-state index in [1.54, 1.807) is 6.20 Å². The van der Waals surface area contributed by atoms with E-state index < -0.39 is 0 Å². The van der Waals surface area contributed by atoms with Crippen LogP contribution < -0.4 is 5.73 Å². The fourth-order valence-electron chi connectivity index (χ4n) is 2.39. The largest absolute Gasteiger partial charge is 0.340 e. The highest BCUT2D eigenvalue weighted by molar-refractivity contribution is 5.79. The van der Waals surface area contributed by atoms with Crippen LogP contribution in [0.4, 0.5) is 0 Å². The van der Waals surface area contributed by atoms with Crippen LogP contribution in [0.3, 0.4) is 0 Å². The average molecular weight is 276 g/mol. The molecule has 5 heteroatoms. The van der Waals surface area contributed by atoms with Gasteiger partial charge in [0.1, 0.15) is 0 Å². The number of carbonyl (C=O) groups is 1. The van der Waals surface area contributed by atoms with Gasteiger partial charge >= 0.3 is 0 Å². The normalized spacial score (nSPS) is 19.6. The maximum absolute atomic E-state index is 12.2. The molecular weight excluding hydrogens is 252 g/mol. The van der Waals surface area contributed by atoms with Gasteiger partial charge in [-0.1, -0.05) is 13.0 Å². The van der Waals surface area contributed by atoms with Crippen LogP contribution in [-0.2, 0) is 11.3 Å². The second kappa shape index (κ2) is 6.81. The number of carbonyl (C=O) groups excluding carboxylic acids is 1. The molecule has 1 aliphatic rings. The minimum atomic E-state index is -0.0973. The Bertz CT molecular complexity index is 427. The summed E-state index contributed by atoms with van der Waals surface area (Å²) in [5.41, 5.74) is 7.03. The Morgan fingerprint density at radius 3 is 2.60 bits per heavy atom. The van der Waals surface area contributed by atoms with Crippen LogP contribution in [0.1, 0.15) is 19.4 Å². The summed E-state index contributed by atoms with van der Waals surface area (Å²) in [6, 6.07) is 3.96. The summed E-state index contributed by atoms with van der Waals surface area (Å²) < 4.78 is 0. The molecule has 1 amide bonds. The highest BCUT2D eigenvalue weighted by Gasteiger charge is 2.26. The molecule has 2 unspecified atom stereocenters. The highest BCUT2D eigenvalue weighted by Crippen LogP contribution is 2.11. The summed E-state index contributed by atoms with van der Waals surface area (Å²) in [5, 5.41) is 0. The molecule has 1 aromatic heterocycles. The summed E-state index contributed by atoms with van der Waals surface area (Å²) in [6.07, 6.45) is 3.69. The van der Waals surface area contributed by atoms with Crippen LogP contribution in [0, 0.1) is 5.92 Å². The lowest BCUT2D eigenvalue weighted by atomic mass is 10.0. The predicted molar refractivity (Wildman–Crippen MR) is 78.9 cm³/mol. The lowest BCUT2D eigenvalue weighted by molar-refractivity contribution is -0.137. The van der Waals surface area contributed by atoms with E-state index in [1.165, 1.54) is 5.56 Å². The van der Waals surface area contributed by atoms with Gasteiger partial charge in [0.25, 0.3) is 0 Å². The highest BCUT2D eigenvalue weighted by atomic mass is 16.2. The molecule has 0 spiro atoms. The van der Waals surface area contributed by atoms with Crippen molar-refractivity contribution in [2.45, 2.75) is 26.4 Å². The maximum Gasteiger partial charge on any atom is 0.227 e. The first kappa shape index (κ1) is 14.9. The van der Waals surface area contributed by atoms with Crippen LogP contribution in [0.25, 0.3) is 0 Å². The molecular formula is C15H24N4O. The molecule has 1 aliphatic heterocycles. The van der Waals surface area contributed by atoms with Gasteiger partial charge in [0.2, 0.25) is 5.91 Å². The first-order chi connectivity index (χ1) is 9.58. The SMILES string of the molecule is CC(N)C(C)C(=O)N1CCN(Cc2cccnc2)CC1. The molecule has 0 saturated carbocycles. The third-order valence-electron chi connectivity index (χ3n) is 3.99. The summed E-state index contributed by atoms with van der Waals surface area (Å²) in [7, 11) is 0. The Kier molecular flexibility index (Phi) is 5.09. The van der Waals surface area contributed by atoms with Gasteiger partial charge in [-0.05, 0) is 18.6 Å². The molecule has 1 fully saturated rings. The van der Waals surface area contributed by atoms with E-state index in [1.807, 2.05) is 31.0 Å². The average Bonchev–Trinajstić information content (AvgIpc) is 2.47. The van der Waals surface area contributed by atoms with Crippen molar-refractivity contribution in [3.8, 4) is 0 Å². The Balaban J connectivity index is 1.82. The third kappa shape index (κ3) is 3.77. The standard InChI is InChI=1S/C15H24N4O/c1-12(13(2)16)15(20)19-8-6-18(7-9-19)11-14-4-3-5-17-10-14/h3-5,10,12-13H,6-9,11,16H2,1-2H3. The Morgan fingerprint density at radius 2 is 2.05 bits per heavy atom. The van der Waals surface area contributed by atoms with E-state index in [2.05, 4.69) is 16.0 Å². The quantitative estimate of drug-likeness (QED) is 0.880. The van der Waals surface area contributed by atoms with E-state index in [4.69, 9.17) is 5.73 Å². The third-order valence-corrected chi connectivity index (χ3v) is 3.99. The number of piperazine rings is 1. The van der Waals surface area contributed by atoms with Crippen LogP contribution in [0.15, 0.2) is 24.5 Å². The molecule has 1 saturated heterocycles. The topological polar surface area (TPSA) is 62.5 Å². The first-order valence-corrected chi connectivity index (χ1v) is 7.23. The second-order valence-electron chi connectivity index (χ2n) is 5.61. The van der Waals surface area contributed by atoms with E-state index in [9.17, 15) is 4.79 Å². The number of amides is 1. The molecule has 5 nitrogen and oxygen atoms in total. The fraction of sp³-hybridized carbons (Fsp3) is 0.600. The number of aromatic nitrogens is 1. The smallest absolute Gasteiger partial charge is 0.227 e. The monoisotopic (exact) mass is 276 g/mol. The molecule has 2 heterocycles. The molecule has 110 valence electrons. The van der Waals surface area contributed by atoms with Crippen LogP contribution >= 0.6 is 0 Å². The molecule has 2 atom stereocenters. The van der Waals surface area contributed by atoms with E-state index in [-0.39, 0.29) is 17.9 Å². The lowest BCUT2D eigenvalue weighted by Crippen LogP contribution is -2.51. The fourth-order valence-corrected chi connectivity index (χ4v) is 2.39. The Morgan fingerprint density at radius 1 is 1.35 bits per heavy atom. The van der Waals surface area contributed by atoms with Crippen LogP contribution in [-0.4, -0.2) is 52.9 Å². The van der Waals surface area contributed by atoms with Gasteiger partial charge < -0.3 is 10.6 Å². The molecule has 1 aromatic rings. The van der Waals surface area contributed by atoms with Gasteiger partial charge in [0.05, 0.1) is 5.92 Å². The van der Waals surface area contributed by atoms with Crippen LogP contribution in [0.2, 0.25) is 0 Å². The van der Waals surface area contributed by atoms with E-state index >= 15 is 0 Å². The number of nitrogens with two attached hydrogens (primary N) is 1. The summed E-state index contributed by atoms with van der Waals surface area (Å²) in [6.45, 7) is 8.10. The first-order valence-electron chi connectivity index (χ1n) is 7.23. The van der Waals surface area contributed by atoms with Crippen molar-refractivity contribution >= 4 is 5.91 Å². The van der Waals surface area contributed by atoms with Crippen molar-refractivity contribution < 1.29 is 4.79 Å². The van der Waals surface area contributed by atoms with Crippen molar-refractivity contribution in [3.63, 3.8) is 0 Å². The van der Waals surface area contributed by atoms with Crippen molar-refractivity contribution in [1.82, 2.24) is 14.8 Å². The maximum atomic E-state index is 12.2. The van der Waals surface area contributed by atoms with Crippen LogP contribution in [0.5, 0.6) is 0 Å². The molecule has 0 aliphatic carbocycles. The molecule has 2 rings (SSSR count). The van der Waals surface area contributed by atoms with Gasteiger partial charge in [-0.25, -0.2) is 0 Å². The number of hydrogen-bond acceptors (Lipinski definition) is 4. The van der Waals surface area contributed by atoms with Crippen molar-refractivity contribution in [2.75, 3.05) is 26.2 Å². The minimum Gasteiger partial charge on any atom is -0.340 e. The predicted octanol–water partition coefficient (Wildman–Crippen LogP) is 0.709. The number of hydrogen-bond donors (Lipinski definition) is 1. The van der Waals surface area contributed by atoms with Gasteiger partial charge in [-0.3, -0.25) is 14.7 Å². The molecule has 20 heavy (non-hydrogen) atoms. The number of nitrogens with zero attached hydrogens (tertiary/aromatic N) is 3. The van der Waals surface area contributed by atoms with E-state index in [0.717, 1.165) is 32.7 Å². The zero-order chi connectivity index (χ0) is 14.5. The van der Waals surface area contributed by atoms with Crippen molar-refractivity contribution in [2.24, 2.45) is 11.7 Å². The van der Waals surface area contributed by atoms with Gasteiger partial charge in [0.15, 0.2) is 0 Å². The Labute approximate surface area is 120 Å². The Hall–Kier alpha value is -1.46. The van der Waals surface area contributed by atoms with Crippen molar-refractivity contribution in [3.05, 3.63) is 30.1 Å². The van der Waals surface area contributed by atoms with Crippen molar-refractivity contribution in [1.29, 1.82) is 0 Å². The number of pyridine rings is 1. The zero-order valence-electron chi connectivity index (χ0n) is 12.3. The molecule has 2 N–H and O–H groups in total. The zero-order valence-corrected chi connectivity index (χ0v) is 12.3. The van der Waals surface area contributed by atoms with Gasteiger partial charge in [-0.15, -0.1) is 0 Å². The van der Waals surface area contributed by atoms with Gasteiger partial charge in [-0.2, -0.15) is 0 Å². The summed E-state index contributed by atoms with van der Waals surface area (Å²) in [4.78, 5) is 20.6. The second-order valence-corrected chi connectivity index (χ2v) is 5.61. The lowest BCUT2D eigenvalue weighted by Gasteiger charge is -2.36.